The van der Waals surface area contributed by atoms with Crippen LogP contribution < -0.4 is 5.32 Å². The number of hydrogen-bond acceptors (Lipinski definition) is 2. The number of para-hydroxylation sites is 1. The minimum absolute atomic E-state index is 0.141. The number of carbonyl (C=O) groups excluding carboxylic acids is 1. The zero-order valence-corrected chi connectivity index (χ0v) is 13.1. The maximum Gasteiger partial charge on any atom is 0.269 e. The molecule has 2 heterocycles. The summed E-state index contributed by atoms with van der Waals surface area (Å²) in [4.78, 5) is 20.0. The van der Waals surface area contributed by atoms with Crippen LogP contribution in [0.4, 0.5) is 0 Å². The molecule has 0 saturated heterocycles. The Kier molecular flexibility index (Phi) is 3.71. The van der Waals surface area contributed by atoms with Gasteiger partial charge >= 0.3 is 0 Å². The Hall–Kier alpha value is -3.14. The molecule has 0 atom stereocenters. The number of hydrogen-bond donors (Lipinski definition) is 2. The fraction of sp³-hybridized carbons (Fsp3) is 0.100. The van der Waals surface area contributed by atoms with Crippen LogP contribution in [-0.2, 0) is 6.42 Å². The van der Waals surface area contributed by atoms with E-state index in [0.717, 1.165) is 28.2 Å². The lowest BCUT2D eigenvalue weighted by molar-refractivity contribution is 0.0949. The number of fused-ring (bicyclic) bond motifs is 3. The molecule has 0 aliphatic heterocycles. The van der Waals surface area contributed by atoms with Gasteiger partial charge in [-0.2, -0.15) is 0 Å². The zero-order chi connectivity index (χ0) is 16.4. The molecule has 2 aromatic carbocycles. The number of carbonyl (C=O) groups is 1. The molecule has 1 amide bonds. The van der Waals surface area contributed by atoms with Gasteiger partial charge in [-0.3, -0.25) is 4.79 Å². The number of aromatic nitrogens is 2. The summed E-state index contributed by atoms with van der Waals surface area (Å²) in [5.74, 6) is -0.141. The molecule has 0 spiro atoms. The van der Waals surface area contributed by atoms with Crippen LogP contribution in [0.15, 0.2) is 66.9 Å². The first-order chi connectivity index (χ1) is 11.8. The van der Waals surface area contributed by atoms with Gasteiger partial charge < -0.3 is 10.3 Å². The molecule has 4 aromatic rings. The third-order valence-corrected chi connectivity index (χ3v) is 4.17. The predicted octanol–water partition coefficient (Wildman–Crippen LogP) is 3.69. The number of pyridine rings is 1. The first kappa shape index (κ1) is 14.5. The molecule has 0 aliphatic rings. The standard InChI is InChI=1S/C20H17N3O/c24-20(21-11-10-14-6-2-1-3-7-14)18-12-16-15-8-4-5-9-17(15)23-19(16)13-22-18/h1-9,12-13,23H,10-11H2,(H,21,24). The fourth-order valence-corrected chi connectivity index (χ4v) is 2.93. The number of nitrogens with one attached hydrogen (secondary N) is 2. The Balaban J connectivity index is 1.52. The van der Waals surface area contributed by atoms with E-state index in [2.05, 4.69) is 27.4 Å². The molecule has 118 valence electrons. The van der Waals surface area contributed by atoms with Crippen molar-refractivity contribution >= 4 is 27.7 Å². The Morgan fingerprint density at radius 2 is 1.75 bits per heavy atom. The van der Waals surface area contributed by atoms with Gasteiger partial charge in [0.1, 0.15) is 5.69 Å². The van der Waals surface area contributed by atoms with Crippen LogP contribution in [0.25, 0.3) is 21.8 Å². The van der Waals surface area contributed by atoms with Crippen LogP contribution >= 0.6 is 0 Å². The number of nitrogens with zero attached hydrogens (tertiary/aromatic N) is 1. The van der Waals surface area contributed by atoms with Crippen molar-refractivity contribution in [2.24, 2.45) is 0 Å². The summed E-state index contributed by atoms with van der Waals surface area (Å²) in [5.41, 5.74) is 3.64. The van der Waals surface area contributed by atoms with E-state index in [4.69, 9.17) is 0 Å². The van der Waals surface area contributed by atoms with Crippen LogP contribution in [0.1, 0.15) is 16.1 Å². The van der Waals surface area contributed by atoms with Crippen molar-refractivity contribution in [3.63, 3.8) is 0 Å². The lowest BCUT2D eigenvalue weighted by Crippen LogP contribution is -2.26. The minimum Gasteiger partial charge on any atom is -0.353 e. The second-order valence-corrected chi connectivity index (χ2v) is 5.78. The van der Waals surface area contributed by atoms with Crippen molar-refractivity contribution < 1.29 is 4.79 Å². The molecule has 0 radical (unpaired) electrons. The van der Waals surface area contributed by atoms with Crippen LogP contribution in [0.2, 0.25) is 0 Å². The molecule has 2 aromatic heterocycles. The molecule has 2 N–H and O–H groups in total. The highest BCUT2D eigenvalue weighted by atomic mass is 16.1. The summed E-state index contributed by atoms with van der Waals surface area (Å²) in [6, 6.07) is 20.0. The van der Waals surface area contributed by atoms with E-state index in [1.54, 1.807) is 6.20 Å². The third kappa shape index (κ3) is 2.74. The Bertz CT molecular complexity index is 1010. The average molecular weight is 315 g/mol. The Labute approximate surface area is 139 Å². The van der Waals surface area contributed by atoms with Gasteiger partial charge in [0, 0.05) is 22.8 Å². The van der Waals surface area contributed by atoms with Crippen LogP contribution in [0.3, 0.4) is 0 Å². The molecule has 4 nitrogen and oxygen atoms in total. The van der Waals surface area contributed by atoms with Crippen molar-refractivity contribution in [3.05, 3.63) is 78.1 Å². The van der Waals surface area contributed by atoms with Crippen molar-refractivity contribution in [2.45, 2.75) is 6.42 Å². The van der Waals surface area contributed by atoms with Gasteiger partial charge in [0.2, 0.25) is 0 Å². The van der Waals surface area contributed by atoms with Crippen molar-refractivity contribution in [1.29, 1.82) is 0 Å². The predicted molar refractivity (Wildman–Crippen MR) is 96.1 cm³/mol. The molecular weight excluding hydrogens is 298 g/mol. The first-order valence-electron chi connectivity index (χ1n) is 8.00. The number of H-pyrrole nitrogens is 1. The lowest BCUT2D eigenvalue weighted by Gasteiger charge is -2.05. The van der Waals surface area contributed by atoms with Crippen molar-refractivity contribution in [3.8, 4) is 0 Å². The zero-order valence-electron chi connectivity index (χ0n) is 13.1. The summed E-state index contributed by atoms with van der Waals surface area (Å²) in [6.07, 6.45) is 2.53. The van der Waals surface area contributed by atoms with E-state index >= 15 is 0 Å². The average Bonchev–Trinajstić information content (AvgIpc) is 3.00. The quantitative estimate of drug-likeness (QED) is 0.603. The molecule has 0 unspecified atom stereocenters. The monoisotopic (exact) mass is 315 g/mol. The molecular formula is C20H17N3O. The summed E-state index contributed by atoms with van der Waals surface area (Å²) >= 11 is 0. The topological polar surface area (TPSA) is 57.8 Å². The maximum atomic E-state index is 12.4. The molecule has 0 saturated carbocycles. The SMILES string of the molecule is O=C(NCCc1ccccc1)c1cc2c(cn1)[nH]c1ccccc12. The van der Waals surface area contributed by atoms with Gasteiger partial charge in [-0.15, -0.1) is 0 Å². The first-order valence-corrected chi connectivity index (χ1v) is 8.00. The highest BCUT2D eigenvalue weighted by Crippen LogP contribution is 2.24. The van der Waals surface area contributed by atoms with Gasteiger partial charge in [0.15, 0.2) is 0 Å². The van der Waals surface area contributed by atoms with E-state index in [1.807, 2.05) is 48.5 Å². The second kappa shape index (κ2) is 6.16. The van der Waals surface area contributed by atoms with Crippen molar-refractivity contribution in [1.82, 2.24) is 15.3 Å². The normalized spacial score (nSPS) is 11.0. The maximum absolute atomic E-state index is 12.4. The van der Waals surface area contributed by atoms with E-state index in [0.29, 0.717) is 12.2 Å². The van der Waals surface area contributed by atoms with Crippen molar-refractivity contribution in [2.75, 3.05) is 6.54 Å². The van der Waals surface area contributed by atoms with E-state index in [-0.39, 0.29) is 5.91 Å². The van der Waals surface area contributed by atoms with Gasteiger partial charge in [-0.1, -0.05) is 48.5 Å². The Morgan fingerprint density at radius 3 is 2.62 bits per heavy atom. The fourth-order valence-electron chi connectivity index (χ4n) is 2.93. The lowest BCUT2D eigenvalue weighted by atomic mass is 10.1. The Morgan fingerprint density at radius 1 is 0.958 bits per heavy atom. The van der Waals surface area contributed by atoms with Gasteiger partial charge in [0.25, 0.3) is 5.91 Å². The third-order valence-electron chi connectivity index (χ3n) is 4.17. The van der Waals surface area contributed by atoms with Crippen LogP contribution in [0, 0.1) is 0 Å². The van der Waals surface area contributed by atoms with Gasteiger partial charge in [-0.25, -0.2) is 4.98 Å². The second-order valence-electron chi connectivity index (χ2n) is 5.78. The van der Waals surface area contributed by atoms with E-state index < -0.39 is 0 Å². The highest BCUT2D eigenvalue weighted by molar-refractivity contribution is 6.09. The summed E-state index contributed by atoms with van der Waals surface area (Å²) in [6.45, 7) is 0.594. The summed E-state index contributed by atoms with van der Waals surface area (Å²) < 4.78 is 0. The van der Waals surface area contributed by atoms with Gasteiger partial charge in [-0.05, 0) is 24.1 Å². The van der Waals surface area contributed by atoms with E-state index in [1.165, 1.54) is 5.56 Å². The van der Waals surface area contributed by atoms with Crippen LogP contribution in [0.5, 0.6) is 0 Å². The minimum atomic E-state index is -0.141. The number of rotatable bonds is 4. The van der Waals surface area contributed by atoms with Crippen LogP contribution in [-0.4, -0.2) is 22.4 Å². The summed E-state index contributed by atoms with van der Waals surface area (Å²) in [7, 11) is 0. The molecule has 24 heavy (non-hydrogen) atoms. The smallest absolute Gasteiger partial charge is 0.269 e. The molecule has 0 bridgehead atoms. The summed E-state index contributed by atoms with van der Waals surface area (Å²) in [5, 5.41) is 5.07. The van der Waals surface area contributed by atoms with E-state index in [9.17, 15) is 4.79 Å². The number of aromatic amines is 1. The van der Waals surface area contributed by atoms with Gasteiger partial charge in [0.05, 0.1) is 11.7 Å². The molecule has 4 rings (SSSR count). The highest BCUT2D eigenvalue weighted by Gasteiger charge is 2.10. The molecule has 4 heteroatoms. The molecule has 0 aliphatic carbocycles. The largest absolute Gasteiger partial charge is 0.353 e. The number of amides is 1. The number of benzene rings is 2. The molecule has 0 fully saturated rings.